The fraction of sp³-hybridized carbons (Fsp3) is 0.478. The van der Waals surface area contributed by atoms with Crippen LogP contribution in [0.25, 0.3) is 0 Å². The summed E-state index contributed by atoms with van der Waals surface area (Å²) in [6.45, 7) is 6.07. The summed E-state index contributed by atoms with van der Waals surface area (Å²) in [6.07, 6.45) is 6.70. The van der Waals surface area contributed by atoms with E-state index in [0.717, 1.165) is 36.3 Å². The van der Waals surface area contributed by atoms with E-state index in [9.17, 15) is 4.79 Å². The van der Waals surface area contributed by atoms with E-state index in [0.29, 0.717) is 12.3 Å². The number of hydrogen-bond donors (Lipinski definition) is 3. The van der Waals surface area contributed by atoms with Crippen LogP contribution in [0.3, 0.4) is 0 Å². The van der Waals surface area contributed by atoms with Gasteiger partial charge in [0.1, 0.15) is 0 Å². The molecule has 1 atom stereocenters. The van der Waals surface area contributed by atoms with Gasteiger partial charge in [0.2, 0.25) is 0 Å². The number of aliphatic imine (C=N–C) groups is 1. The molecule has 1 aromatic heterocycles. The number of anilines is 1. The van der Waals surface area contributed by atoms with E-state index in [1.807, 2.05) is 24.3 Å². The molecule has 170 valence electrons. The van der Waals surface area contributed by atoms with E-state index in [-0.39, 0.29) is 29.9 Å². The normalized spacial score (nSPS) is 17.0. The third-order valence-electron chi connectivity index (χ3n) is 5.55. The Hall–Kier alpha value is -2.07. The largest absolute Gasteiger partial charge is 0.459 e. The highest BCUT2D eigenvalue weighted by molar-refractivity contribution is 14.0. The summed E-state index contributed by atoms with van der Waals surface area (Å²) in [5.74, 6) is 0.843. The standard InChI is InChI=1S/C23H33N5O2.HI/c1-3-20-7-4-5-14-28(20)15-13-25-23(24-2)26-17-18-9-11-19(12-10-18)27-22(29)21-8-6-16-30-21;/h6,8-12,16,20H,3-5,7,13-15,17H2,1-2H3,(H,27,29)(H2,24,25,26);1H. The molecule has 0 bridgehead atoms. The van der Waals surface area contributed by atoms with Gasteiger partial charge in [-0.1, -0.05) is 25.5 Å². The molecule has 31 heavy (non-hydrogen) atoms. The van der Waals surface area contributed by atoms with Crippen LogP contribution in [0.4, 0.5) is 5.69 Å². The van der Waals surface area contributed by atoms with E-state index >= 15 is 0 Å². The minimum atomic E-state index is -0.255. The number of benzene rings is 1. The van der Waals surface area contributed by atoms with Crippen molar-refractivity contribution in [3.8, 4) is 0 Å². The third kappa shape index (κ3) is 7.84. The molecule has 1 fully saturated rings. The molecule has 1 saturated heterocycles. The Bertz CT molecular complexity index is 808. The average molecular weight is 539 g/mol. The second kappa shape index (κ2) is 13.4. The van der Waals surface area contributed by atoms with Crippen molar-refractivity contribution in [2.75, 3.05) is 32.0 Å². The molecule has 1 amide bonds. The fourth-order valence-electron chi connectivity index (χ4n) is 3.85. The first-order valence-electron chi connectivity index (χ1n) is 10.8. The SMILES string of the molecule is CCC1CCCCN1CCNC(=NC)NCc1ccc(NC(=O)c2ccco2)cc1.I. The summed E-state index contributed by atoms with van der Waals surface area (Å²) in [5, 5.41) is 9.58. The zero-order valence-electron chi connectivity index (χ0n) is 18.4. The maximum atomic E-state index is 12.0. The predicted molar refractivity (Wildman–Crippen MR) is 136 cm³/mol. The maximum absolute atomic E-state index is 12.0. The number of carbonyl (C=O) groups excluding carboxylic acids is 1. The molecule has 1 unspecified atom stereocenters. The zero-order chi connectivity index (χ0) is 21.2. The smallest absolute Gasteiger partial charge is 0.291 e. The lowest BCUT2D eigenvalue weighted by Crippen LogP contribution is -2.45. The van der Waals surface area contributed by atoms with Crippen molar-refractivity contribution < 1.29 is 9.21 Å². The van der Waals surface area contributed by atoms with Crippen LogP contribution in [0.2, 0.25) is 0 Å². The van der Waals surface area contributed by atoms with Gasteiger partial charge in [0.05, 0.1) is 6.26 Å². The molecule has 1 aromatic carbocycles. The number of nitrogens with zero attached hydrogens (tertiary/aromatic N) is 2. The Kier molecular flexibility index (Phi) is 10.9. The number of guanidine groups is 1. The molecule has 8 heteroatoms. The highest BCUT2D eigenvalue weighted by Gasteiger charge is 2.19. The maximum Gasteiger partial charge on any atom is 0.291 e. The van der Waals surface area contributed by atoms with Gasteiger partial charge >= 0.3 is 0 Å². The van der Waals surface area contributed by atoms with Gasteiger partial charge in [0, 0.05) is 38.4 Å². The first kappa shape index (κ1) is 25.2. The van der Waals surface area contributed by atoms with Crippen molar-refractivity contribution in [3.63, 3.8) is 0 Å². The number of likely N-dealkylation sites (tertiary alicyclic amines) is 1. The van der Waals surface area contributed by atoms with E-state index in [1.165, 1.54) is 38.5 Å². The summed E-state index contributed by atoms with van der Waals surface area (Å²) in [5.41, 5.74) is 1.84. The van der Waals surface area contributed by atoms with Crippen LogP contribution in [0.1, 0.15) is 48.7 Å². The Labute approximate surface area is 202 Å². The van der Waals surface area contributed by atoms with Gasteiger partial charge in [0.15, 0.2) is 11.7 Å². The summed E-state index contributed by atoms with van der Waals surface area (Å²) in [6, 6.07) is 11.8. The number of halogens is 1. The van der Waals surface area contributed by atoms with Gasteiger partial charge in [-0.25, -0.2) is 0 Å². The lowest BCUT2D eigenvalue weighted by Gasteiger charge is -2.35. The monoisotopic (exact) mass is 539 g/mol. The molecule has 0 radical (unpaired) electrons. The van der Waals surface area contributed by atoms with Crippen LogP contribution < -0.4 is 16.0 Å². The van der Waals surface area contributed by atoms with Gasteiger partial charge in [0.25, 0.3) is 5.91 Å². The van der Waals surface area contributed by atoms with Gasteiger partial charge < -0.3 is 20.4 Å². The van der Waals surface area contributed by atoms with Crippen LogP contribution in [-0.2, 0) is 6.54 Å². The number of nitrogens with one attached hydrogen (secondary N) is 3. The van der Waals surface area contributed by atoms with E-state index in [1.54, 1.807) is 19.2 Å². The molecule has 0 saturated carbocycles. The van der Waals surface area contributed by atoms with Crippen molar-refractivity contribution in [2.45, 2.75) is 45.2 Å². The van der Waals surface area contributed by atoms with Crippen molar-refractivity contribution in [1.82, 2.24) is 15.5 Å². The molecule has 1 aliphatic heterocycles. The van der Waals surface area contributed by atoms with E-state index in [2.05, 4.69) is 32.8 Å². The lowest BCUT2D eigenvalue weighted by atomic mass is 10.0. The van der Waals surface area contributed by atoms with Crippen molar-refractivity contribution in [2.24, 2.45) is 4.99 Å². The quantitative estimate of drug-likeness (QED) is 0.268. The van der Waals surface area contributed by atoms with Crippen LogP contribution in [0, 0.1) is 0 Å². The Morgan fingerprint density at radius 1 is 1.19 bits per heavy atom. The van der Waals surface area contributed by atoms with E-state index in [4.69, 9.17) is 4.42 Å². The Morgan fingerprint density at radius 3 is 2.68 bits per heavy atom. The second-order valence-corrected chi connectivity index (χ2v) is 7.57. The van der Waals surface area contributed by atoms with Gasteiger partial charge in [-0.3, -0.25) is 14.7 Å². The van der Waals surface area contributed by atoms with Gasteiger partial charge in [-0.05, 0) is 55.6 Å². The van der Waals surface area contributed by atoms with E-state index < -0.39 is 0 Å². The fourth-order valence-corrected chi connectivity index (χ4v) is 3.85. The van der Waals surface area contributed by atoms with Crippen LogP contribution >= 0.6 is 24.0 Å². The zero-order valence-corrected chi connectivity index (χ0v) is 20.7. The molecule has 1 aliphatic rings. The predicted octanol–water partition coefficient (Wildman–Crippen LogP) is 4.08. The molecule has 2 aromatic rings. The number of hydrogen-bond acceptors (Lipinski definition) is 4. The summed E-state index contributed by atoms with van der Waals surface area (Å²) >= 11 is 0. The number of carbonyl (C=O) groups is 1. The average Bonchev–Trinajstić information content (AvgIpc) is 3.32. The second-order valence-electron chi connectivity index (χ2n) is 7.57. The topological polar surface area (TPSA) is 81.9 Å². The summed E-state index contributed by atoms with van der Waals surface area (Å²) in [4.78, 5) is 18.9. The number of furan rings is 1. The molecular formula is C23H34IN5O2. The van der Waals surface area contributed by atoms with Crippen LogP contribution in [0.15, 0.2) is 52.1 Å². The third-order valence-corrected chi connectivity index (χ3v) is 5.55. The molecule has 3 rings (SSSR count). The number of amides is 1. The molecule has 0 aliphatic carbocycles. The minimum absolute atomic E-state index is 0. The molecule has 3 N–H and O–H groups in total. The summed E-state index contributed by atoms with van der Waals surface area (Å²) < 4.78 is 5.11. The highest BCUT2D eigenvalue weighted by atomic mass is 127. The van der Waals surface area contributed by atoms with Gasteiger partial charge in [-0.15, -0.1) is 24.0 Å². The molecule has 2 heterocycles. The number of piperidine rings is 1. The first-order valence-corrected chi connectivity index (χ1v) is 10.8. The van der Waals surface area contributed by atoms with Crippen LogP contribution in [-0.4, -0.2) is 49.5 Å². The molecular weight excluding hydrogens is 505 g/mol. The van der Waals surface area contributed by atoms with Crippen molar-refractivity contribution in [1.29, 1.82) is 0 Å². The Balaban J connectivity index is 0.00000341. The van der Waals surface area contributed by atoms with Crippen molar-refractivity contribution >= 4 is 41.5 Å². The lowest BCUT2D eigenvalue weighted by molar-refractivity contribution is 0.0996. The highest BCUT2D eigenvalue weighted by Crippen LogP contribution is 2.18. The summed E-state index contributed by atoms with van der Waals surface area (Å²) in [7, 11) is 1.79. The Morgan fingerprint density at radius 2 is 2.00 bits per heavy atom. The molecule has 0 spiro atoms. The first-order chi connectivity index (χ1) is 14.7. The van der Waals surface area contributed by atoms with Crippen LogP contribution in [0.5, 0.6) is 0 Å². The number of rotatable bonds is 8. The molecule has 7 nitrogen and oxygen atoms in total. The minimum Gasteiger partial charge on any atom is -0.459 e. The van der Waals surface area contributed by atoms with Gasteiger partial charge in [-0.2, -0.15) is 0 Å². The van der Waals surface area contributed by atoms with Crippen molar-refractivity contribution in [3.05, 3.63) is 54.0 Å².